The summed E-state index contributed by atoms with van der Waals surface area (Å²) >= 11 is 0. The van der Waals surface area contributed by atoms with Crippen molar-refractivity contribution in [3.63, 3.8) is 0 Å². The molecule has 1 saturated heterocycles. The molecule has 1 fully saturated rings. The molecular weight excluding hydrogens is 569 g/mol. The predicted octanol–water partition coefficient (Wildman–Crippen LogP) is 6.36. The molecule has 2 N–H and O–H groups in total. The first-order valence-corrected chi connectivity index (χ1v) is 17.8. The number of halogens is 1. The molecule has 0 bridgehead atoms. The van der Waals surface area contributed by atoms with Crippen molar-refractivity contribution in [1.29, 1.82) is 0 Å². The number of alkyl carbamates (subject to hydrolysis) is 1. The summed E-state index contributed by atoms with van der Waals surface area (Å²) in [5.74, 6) is -0.0730. The molecule has 1 aliphatic heterocycles. The van der Waals surface area contributed by atoms with Gasteiger partial charge in [0.2, 0.25) is 5.91 Å². The number of hydrogen-bond acceptors (Lipinski definition) is 7. The summed E-state index contributed by atoms with van der Waals surface area (Å²) < 4.78 is 38.1. The number of nitrogens with one attached hydrogen (secondary N) is 2. The Morgan fingerprint density at radius 3 is 2.53 bits per heavy atom. The van der Waals surface area contributed by atoms with E-state index in [2.05, 4.69) is 49.5 Å². The number of fused-ring (bicyclic) bond motifs is 1. The minimum Gasteiger partial charge on any atom is -0.497 e. The molecule has 0 unspecified atom stereocenters. The number of methoxy groups -OCH3 is 1. The highest BCUT2D eigenvalue weighted by Gasteiger charge is 2.37. The highest BCUT2D eigenvalue weighted by Crippen LogP contribution is 2.36. The number of aromatic nitrogens is 1. The summed E-state index contributed by atoms with van der Waals surface area (Å²) in [6.45, 7) is 17.0. The van der Waals surface area contributed by atoms with Crippen molar-refractivity contribution in [2.24, 2.45) is 0 Å². The maximum atomic E-state index is 14.9. The standard InChI is InChI=1S/C32H48FN3O6Si/c1-31(2,3)42-30(38)36-27-15-11-21(10-13-23-24-18-22(39-7)12-14-26(24)35-20-25(23)33)41-28(27)19-29(37)34-16-17-40-43(8,9)32(4,5)6/h10,12-14,18,20-21,27-28H,11,15-17,19H2,1-9H3,(H,34,37)(H,36,38)/t21-,27-,28-/m1/s1. The Labute approximate surface area is 256 Å². The molecule has 2 amide bonds. The average Bonchev–Trinajstić information content (AvgIpc) is 2.90. The van der Waals surface area contributed by atoms with Gasteiger partial charge in [0.05, 0.1) is 50.1 Å². The summed E-state index contributed by atoms with van der Waals surface area (Å²) in [5, 5.41) is 6.50. The normalized spacial score (nSPS) is 19.8. The lowest BCUT2D eigenvalue weighted by molar-refractivity contribution is -0.127. The van der Waals surface area contributed by atoms with Crippen molar-refractivity contribution >= 4 is 37.3 Å². The molecular formula is C32H48FN3O6Si. The van der Waals surface area contributed by atoms with Gasteiger partial charge >= 0.3 is 6.09 Å². The lowest BCUT2D eigenvalue weighted by Crippen LogP contribution is -2.51. The van der Waals surface area contributed by atoms with Crippen molar-refractivity contribution < 1.29 is 32.6 Å². The minimum atomic E-state index is -1.92. The van der Waals surface area contributed by atoms with Crippen LogP contribution < -0.4 is 15.4 Å². The quantitative estimate of drug-likeness (QED) is 0.236. The third kappa shape index (κ3) is 10.0. The predicted molar refractivity (Wildman–Crippen MR) is 169 cm³/mol. The monoisotopic (exact) mass is 617 g/mol. The van der Waals surface area contributed by atoms with Crippen LogP contribution in [0.3, 0.4) is 0 Å². The molecule has 0 aliphatic carbocycles. The fraction of sp³-hybridized carbons (Fsp3) is 0.594. The van der Waals surface area contributed by atoms with Crippen molar-refractivity contribution in [2.75, 3.05) is 20.3 Å². The van der Waals surface area contributed by atoms with Crippen LogP contribution in [0.4, 0.5) is 9.18 Å². The van der Waals surface area contributed by atoms with Crippen LogP contribution in [0.25, 0.3) is 17.0 Å². The van der Waals surface area contributed by atoms with Crippen molar-refractivity contribution in [3.8, 4) is 5.75 Å². The summed E-state index contributed by atoms with van der Waals surface area (Å²) in [6.07, 6.45) is 4.23. The van der Waals surface area contributed by atoms with E-state index in [-0.39, 0.29) is 17.4 Å². The first-order chi connectivity index (χ1) is 20.0. The van der Waals surface area contributed by atoms with E-state index in [1.807, 2.05) is 0 Å². The average molecular weight is 618 g/mol. The van der Waals surface area contributed by atoms with Crippen LogP contribution >= 0.6 is 0 Å². The highest BCUT2D eigenvalue weighted by molar-refractivity contribution is 6.74. The van der Waals surface area contributed by atoms with Gasteiger partial charge in [-0.25, -0.2) is 9.18 Å². The molecule has 9 nitrogen and oxygen atoms in total. The number of carbonyl (C=O) groups is 2. The zero-order valence-corrected chi connectivity index (χ0v) is 28.0. The molecule has 3 rings (SSSR count). The third-order valence-corrected chi connectivity index (χ3v) is 12.4. The highest BCUT2D eigenvalue weighted by atomic mass is 28.4. The van der Waals surface area contributed by atoms with Gasteiger partial charge in [-0.3, -0.25) is 9.78 Å². The molecule has 0 radical (unpaired) electrons. The Hall–Kier alpha value is -3.02. The van der Waals surface area contributed by atoms with E-state index in [0.29, 0.717) is 48.2 Å². The van der Waals surface area contributed by atoms with Gasteiger partial charge in [0.1, 0.15) is 17.2 Å². The zero-order chi connectivity index (χ0) is 32.0. The van der Waals surface area contributed by atoms with Gasteiger partial charge in [0.15, 0.2) is 8.32 Å². The van der Waals surface area contributed by atoms with Crippen LogP contribution in [0.15, 0.2) is 30.5 Å². The Bertz CT molecular complexity index is 1300. The molecule has 0 saturated carbocycles. The lowest BCUT2D eigenvalue weighted by atomic mass is 9.95. The topological polar surface area (TPSA) is 108 Å². The summed E-state index contributed by atoms with van der Waals surface area (Å²) in [4.78, 5) is 29.7. The minimum absolute atomic E-state index is 0.0364. The number of rotatable bonds is 10. The van der Waals surface area contributed by atoms with Gasteiger partial charge in [0.25, 0.3) is 0 Å². The van der Waals surface area contributed by atoms with Crippen molar-refractivity contribution in [1.82, 2.24) is 15.6 Å². The Kier molecular flexibility index (Phi) is 11.4. The van der Waals surface area contributed by atoms with Gasteiger partial charge < -0.3 is 29.3 Å². The molecule has 0 spiro atoms. The van der Waals surface area contributed by atoms with E-state index < -0.39 is 44.1 Å². The van der Waals surface area contributed by atoms with Gasteiger partial charge in [0, 0.05) is 17.5 Å². The van der Waals surface area contributed by atoms with E-state index in [9.17, 15) is 14.0 Å². The number of nitrogens with zero attached hydrogens (tertiary/aromatic N) is 1. The number of amides is 2. The van der Waals surface area contributed by atoms with Crippen LogP contribution in [0, 0.1) is 5.82 Å². The molecule has 1 aliphatic rings. The Morgan fingerprint density at radius 1 is 1.16 bits per heavy atom. The van der Waals surface area contributed by atoms with Gasteiger partial charge in [-0.05, 0) is 69.9 Å². The largest absolute Gasteiger partial charge is 0.497 e. The number of benzene rings is 1. The summed E-state index contributed by atoms with van der Waals surface area (Å²) in [7, 11) is -0.370. The second-order valence-electron chi connectivity index (χ2n) is 13.5. The maximum absolute atomic E-state index is 14.9. The van der Waals surface area contributed by atoms with Gasteiger partial charge in [-0.15, -0.1) is 0 Å². The van der Waals surface area contributed by atoms with E-state index in [1.54, 1.807) is 58.2 Å². The number of hydrogen-bond donors (Lipinski definition) is 2. The fourth-order valence-corrected chi connectivity index (χ4v) is 5.55. The van der Waals surface area contributed by atoms with Crippen LogP contribution in [-0.4, -0.2) is 69.4 Å². The van der Waals surface area contributed by atoms with E-state index in [0.717, 1.165) is 0 Å². The Morgan fingerprint density at radius 2 is 1.88 bits per heavy atom. The number of pyridine rings is 1. The van der Waals surface area contributed by atoms with Crippen LogP contribution in [0.2, 0.25) is 18.1 Å². The van der Waals surface area contributed by atoms with Gasteiger partial charge in [-0.1, -0.05) is 32.9 Å². The zero-order valence-electron chi connectivity index (χ0n) is 27.0. The van der Waals surface area contributed by atoms with Gasteiger partial charge in [-0.2, -0.15) is 0 Å². The molecule has 1 aromatic heterocycles. The SMILES string of the molecule is COc1ccc2ncc(F)c(C=C[C@@H]3CC[C@@H](NC(=O)OC(C)(C)C)[C@@H](CC(=O)NCCO[Si](C)(C)C(C)(C)C)O3)c2c1. The fourth-order valence-electron chi connectivity index (χ4n) is 4.51. The molecule has 238 valence electrons. The Balaban J connectivity index is 1.71. The molecule has 1 aromatic carbocycles. The molecule has 2 heterocycles. The molecule has 43 heavy (non-hydrogen) atoms. The van der Waals surface area contributed by atoms with E-state index in [1.165, 1.54) is 6.20 Å². The second-order valence-corrected chi connectivity index (χ2v) is 18.3. The first kappa shape index (κ1) is 34.5. The van der Waals surface area contributed by atoms with Crippen molar-refractivity contribution in [3.05, 3.63) is 41.9 Å². The van der Waals surface area contributed by atoms with Crippen molar-refractivity contribution in [2.45, 2.75) is 103 Å². The third-order valence-electron chi connectivity index (χ3n) is 7.89. The number of ether oxygens (including phenoxy) is 3. The molecule has 11 heteroatoms. The van der Waals surface area contributed by atoms with Crippen LogP contribution in [0.1, 0.15) is 66.4 Å². The molecule has 3 atom stereocenters. The van der Waals surface area contributed by atoms with Crippen LogP contribution in [0.5, 0.6) is 5.75 Å². The number of carbonyl (C=O) groups excluding carboxylic acids is 2. The first-order valence-electron chi connectivity index (χ1n) is 14.8. The van der Waals surface area contributed by atoms with Crippen LogP contribution in [-0.2, 0) is 18.7 Å². The lowest BCUT2D eigenvalue weighted by Gasteiger charge is -2.36. The maximum Gasteiger partial charge on any atom is 0.407 e. The smallest absolute Gasteiger partial charge is 0.407 e. The molecule has 2 aromatic rings. The summed E-state index contributed by atoms with van der Waals surface area (Å²) in [5.41, 5.74) is 0.347. The summed E-state index contributed by atoms with van der Waals surface area (Å²) in [6, 6.07) is 4.87. The van der Waals surface area contributed by atoms with E-state index in [4.69, 9.17) is 18.6 Å². The second kappa shape index (κ2) is 14.2. The van der Waals surface area contributed by atoms with E-state index >= 15 is 0 Å².